The van der Waals surface area contributed by atoms with Crippen molar-refractivity contribution >= 4 is 29.2 Å². The predicted octanol–water partition coefficient (Wildman–Crippen LogP) is 4.59. The Bertz CT molecular complexity index is 1050. The molecule has 1 aromatic heterocycles. The zero-order chi connectivity index (χ0) is 27.3. The second kappa shape index (κ2) is 12.5. The van der Waals surface area contributed by atoms with Crippen LogP contribution in [-0.4, -0.2) is 57.5 Å². The van der Waals surface area contributed by atoms with Gasteiger partial charge in [-0.15, -0.1) is 11.3 Å². The smallest absolute Gasteiger partial charge is 0.309 e. The van der Waals surface area contributed by atoms with Gasteiger partial charge in [0.05, 0.1) is 53.5 Å². The molecular weight excluding hydrogens is 496 g/mol. The molecule has 0 amide bonds. The summed E-state index contributed by atoms with van der Waals surface area (Å²) in [6.07, 6.45) is 1.73. The van der Waals surface area contributed by atoms with Crippen LogP contribution in [0.4, 0.5) is 0 Å². The number of aliphatic hydroxyl groups excluding tert-OH is 2. The molecule has 2 fully saturated rings. The van der Waals surface area contributed by atoms with Gasteiger partial charge in [-0.25, -0.2) is 4.98 Å². The molecule has 11 heteroatoms. The first-order valence-corrected chi connectivity index (χ1v) is 13.7. The number of carbonyl (C=O) groups is 2. The van der Waals surface area contributed by atoms with Crippen molar-refractivity contribution in [2.24, 2.45) is 22.4 Å². The Kier molecular flexibility index (Phi) is 9.88. The van der Waals surface area contributed by atoms with Crippen molar-refractivity contribution in [3.63, 3.8) is 0 Å². The molecule has 2 saturated heterocycles. The number of epoxide rings is 1. The van der Waals surface area contributed by atoms with Gasteiger partial charge < -0.3 is 19.7 Å². The highest BCUT2D eigenvalue weighted by Crippen LogP contribution is 2.36. The van der Waals surface area contributed by atoms with Gasteiger partial charge in [-0.3, -0.25) is 9.59 Å². The molecule has 0 spiro atoms. The first-order valence-electron chi connectivity index (χ1n) is 12.8. The standard InChI is InChI=1S/C26H38N4O6S/c1-14-7-6-8-18-20(35-18)10-19(15(2)9-17-13-37-22(29-17)12-28-30-27)36-23(32)11-21(31)26(4,5)25(34)16(3)24(14)33/h9,13-14,16,18-21,24,31,33H,6-8,10-12H2,1-5H3/t14-,16+,18+,19-,20+,21-,24-/m1/s1. The summed E-state index contributed by atoms with van der Waals surface area (Å²) in [7, 11) is 0. The number of fused-ring (bicyclic) bond motifs is 1. The molecule has 7 atom stereocenters. The Hall–Kier alpha value is -2.30. The molecule has 3 rings (SSSR count). The second-order valence-electron chi connectivity index (χ2n) is 10.9. The molecular formula is C26H38N4O6S. The van der Waals surface area contributed by atoms with E-state index in [4.69, 9.17) is 15.0 Å². The fourth-order valence-corrected chi connectivity index (χ4v) is 5.56. The monoisotopic (exact) mass is 534 g/mol. The normalized spacial score (nSPS) is 33.7. The van der Waals surface area contributed by atoms with E-state index in [1.165, 1.54) is 11.3 Å². The molecule has 37 heavy (non-hydrogen) atoms. The average molecular weight is 535 g/mol. The summed E-state index contributed by atoms with van der Waals surface area (Å²) in [6, 6.07) is 0. The third kappa shape index (κ3) is 7.61. The number of carbonyl (C=O) groups excluding carboxylic acids is 2. The molecule has 0 bridgehead atoms. The number of ketones is 1. The van der Waals surface area contributed by atoms with Crippen LogP contribution >= 0.6 is 11.3 Å². The van der Waals surface area contributed by atoms with Crippen LogP contribution in [0.3, 0.4) is 0 Å². The van der Waals surface area contributed by atoms with Crippen LogP contribution < -0.4 is 0 Å². The highest BCUT2D eigenvalue weighted by atomic mass is 32.1. The number of thiazole rings is 1. The van der Waals surface area contributed by atoms with Gasteiger partial charge in [0, 0.05) is 22.6 Å². The van der Waals surface area contributed by atoms with Gasteiger partial charge in [-0.1, -0.05) is 39.2 Å². The first kappa shape index (κ1) is 29.3. The maximum Gasteiger partial charge on any atom is 0.309 e. The molecule has 204 valence electrons. The van der Waals surface area contributed by atoms with Crippen molar-refractivity contribution in [3.8, 4) is 0 Å². The van der Waals surface area contributed by atoms with Crippen LogP contribution in [-0.2, 0) is 25.6 Å². The minimum Gasteiger partial charge on any atom is -0.458 e. The summed E-state index contributed by atoms with van der Waals surface area (Å²) < 4.78 is 11.7. The first-order chi connectivity index (χ1) is 17.4. The lowest BCUT2D eigenvalue weighted by molar-refractivity contribution is -0.154. The number of azide groups is 1. The number of cyclic esters (lactones) is 1. The Balaban J connectivity index is 1.81. The average Bonchev–Trinajstić information content (AvgIpc) is 3.43. The summed E-state index contributed by atoms with van der Waals surface area (Å²) in [6.45, 7) is 8.85. The molecule has 2 aliphatic heterocycles. The molecule has 0 saturated carbocycles. The predicted molar refractivity (Wildman–Crippen MR) is 139 cm³/mol. The third-order valence-corrected chi connectivity index (χ3v) is 8.47. The molecule has 1 aromatic rings. The van der Waals surface area contributed by atoms with Crippen molar-refractivity contribution in [3.05, 3.63) is 32.1 Å². The van der Waals surface area contributed by atoms with Gasteiger partial charge in [-0.05, 0) is 42.9 Å². The fraction of sp³-hybridized carbons (Fsp3) is 0.731. The zero-order valence-corrected chi connectivity index (χ0v) is 23.0. The van der Waals surface area contributed by atoms with Crippen LogP contribution in [0.25, 0.3) is 16.5 Å². The summed E-state index contributed by atoms with van der Waals surface area (Å²) in [5, 5.41) is 27.7. The van der Waals surface area contributed by atoms with E-state index in [2.05, 4.69) is 15.0 Å². The van der Waals surface area contributed by atoms with E-state index in [1.807, 2.05) is 25.3 Å². The molecule has 0 unspecified atom stereocenters. The van der Waals surface area contributed by atoms with E-state index in [1.54, 1.807) is 20.8 Å². The number of aromatic nitrogens is 1. The maximum absolute atomic E-state index is 13.2. The number of esters is 1. The molecule has 0 aromatic carbocycles. The topological polar surface area (TPSA) is 158 Å². The van der Waals surface area contributed by atoms with Crippen LogP contribution in [0.2, 0.25) is 0 Å². The maximum atomic E-state index is 13.2. The van der Waals surface area contributed by atoms with E-state index in [-0.39, 0.29) is 36.9 Å². The van der Waals surface area contributed by atoms with Crippen LogP contribution in [0.1, 0.15) is 77.4 Å². The van der Waals surface area contributed by atoms with Gasteiger partial charge in [0.25, 0.3) is 0 Å². The molecule has 0 radical (unpaired) electrons. The molecule has 2 N–H and O–H groups in total. The van der Waals surface area contributed by atoms with Gasteiger partial charge >= 0.3 is 5.97 Å². The van der Waals surface area contributed by atoms with Gasteiger partial charge in [0.2, 0.25) is 0 Å². The van der Waals surface area contributed by atoms with Crippen LogP contribution in [0, 0.1) is 17.3 Å². The van der Waals surface area contributed by atoms with Crippen molar-refractivity contribution in [2.45, 2.75) is 104 Å². The lowest BCUT2D eigenvalue weighted by Crippen LogP contribution is -2.45. The number of Topliss-reactive ketones (excluding diaryl/α,β-unsaturated/α-hetero) is 1. The van der Waals surface area contributed by atoms with Gasteiger partial charge in [0.15, 0.2) is 0 Å². The summed E-state index contributed by atoms with van der Waals surface area (Å²) in [5.74, 6) is -1.65. The SMILES string of the molecule is CC(=Cc1csc(CN=[N+]=[N-])n1)[C@H]1C[C@@H]2O[C@H]2CCC[C@@H](C)[C@@H](O)[C@H](C)C(=O)C(C)(C)[C@H](O)CC(=O)O1. The van der Waals surface area contributed by atoms with E-state index in [9.17, 15) is 19.8 Å². The van der Waals surface area contributed by atoms with Gasteiger partial charge in [0.1, 0.15) is 11.9 Å². The minimum atomic E-state index is -1.26. The molecule has 3 heterocycles. The lowest BCUT2D eigenvalue weighted by atomic mass is 9.73. The van der Waals surface area contributed by atoms with Crippen molar-refractivity contribution in [2.75, 3.05) is 0 Å². The van der Waals surface area contributed by atoms with E-state index in [0.717, 1.165) is 24.8 Å². The van der Waals surface area contributed by atoms with Crippen LogP contribution in [0.5, 0.6) is 0 Å². The number of ether oxygens (including phenoxy) is 2. The van der Waals surface area contributed by atoms with E-state index >= 15 is 0 Å². The minimum absolute atomic E-state index is 0.0490. The Morgan fingerprint density at radius 1 is 1.30 bits per heavy atom. The quantitative estimate of drug-likeness (QED) is 0.188. The van der Waals surface area contributed by atoms with Crippen LogP contribution in [0.15, 0.2) is 16.1 Å². The number of nitrogens with zero attached hydrogens (tertiary/aromatic N) is 4. The fourth-order valence-electron chi connectivity index (χ4n) is 4.89. The van der Waals surface area contributed by atoms with E-state index in [0.29, 0.717) is 17.1 Å². The number of hydrogen-bond donors (Lipinski definition) is 2. The molecule has 0 aliphatic carbocycles. The highest BCUT2D eigenvalue weighted by molar-refractivity contribution is 7.09. The Morgan fingerprint density at radius 2 is 2.03 bits per heavy atom. The van der Waals surface area contributed by atoms with Crippen molar-refractivity contribution in [1.82, 2.24) is 4.98 Å². The second-order valence-corrected chi connectivity index (χ2v) is 11.8. The summed E-state index contributed by atoms with van der Waals surface area (Å²) >= 11 is 1.38. The number of hydrogen-bond acceptors (Lipinski definition) is 9. The number of aliphatic hydroxyl groups is 2. The summed E-state index contributed by atoms with van der Waals surface area (Å²) in [4.78, 5) is 33.3. The van der Waals surface area contributed by atoms with E-state index < -0.39 is 35.6 Å². The van der Waals surface area contributed by atoms with Gasteiger partial charge in [-0.2, -0.15) is 0 Å². The summed E-state index contributed by atoms with van der Waals surface area (Å²) in [5.41, 5.74) is 8.74. The van der Waals surface area contributed by atoms with Crippen molar-refractivity contribution < 1.29 is 29.3 Å². The number of rotatable bonds is 4. The molecule has 10 nitrogen and oxygen atoms in total. The Morgan fingerprint density at radius 3 is 2.73 bits per heavy atom. The highest BCUT2D eigenvalue weighted by Gasteiger charge is 2.44. The third-order valence-electron chi connectivity index (χ3n) is 7.61. The zero-order valence-electron chi connectivity index (χ0n) is 22.2. The Labute approximate surface area is 221 Å². The largest absolute Gasteiger partial charge is 0.458 e. The molecule has 2 aliphatic rings. The lowest BCUT2D eigenvalue weighted by Gasteiger charge is -2.34. The van der Waals surface area contributed by atoms with Crippen molar-refractivity contribution in [1.29, 1.82) is 0 Å².